The van der Waals surface area contributed by atoms with Gasteiger partial charge in [0.15, 0.2) is 0 Å². The Labute approximate surface area is 110 Å². The molecule has 96 valence electrons. The number of hydrogen-bond donors (Lipinski definition) is 1. The average molecular weight is 256 g/mol. The molecular weight excluding hydrogens is 244 g/mol. The molecule has 0 unspecified atom stereocenters. The molecule has 0 saturated carbocycles. The van der Waals surface area contributed by atoms with Gasteiger partial charge in [0.05, 0.1) is 4.92 Å². The number of nitrogens with zero attached hydrogens (tertiary/aromatic N) is 3. The summed E-state index contributed by atoms with van der Waals surface area (Å²) >= 11 is 0. The van der Waals surface area contributed by atoms with Gasteiger partial charge in [0, 0.05) is 18.7 Å². The van der Waals surface area contributed by atoms with E-state index in [0.717, 1.165) is 5.56 Å². The van der Waals surface area contributed by atoms with Crippen molar-refractivity contribution in [2.24, 2.45) is 5.10 Å². The molecule has 1 aromatic heterocycles. The Morgan fingerprint density at radius 3 is 2.68 bits per heavy atom. The fourth-order valence-electron chi connectivity index (χ4n) is 1.44. The van der Waals surface area contributed by atoms with Gasteiger partial charge in [0.25, 0.3) is 5.69 Å². The predicted octanol–water partition coefficient (Wildman–Crippen LogP) is 2.63. The molecule has 2 aromatic rings. The minimum atomic E-state index is -0.491. The van der Waals surface area contributed by atoms with Crippen molar-refractivity contribution in [3.8, 4) is 0 Å². The van der Waals surface area contributed by atoms with Crippen molar-refractivity contribution in [1.82, 2.24) is 4.98 Å². The molecule has 2 rings (SSSR count). The highest BCUT2D eigenvalue weighted by Gasteiger charge is 2.03. The molecule has 1 aromatic carbocycles. The molecule has 6 nitrogen and oxygen atoms in total. The third kappa shape index (κ3) is 3.88. The molecule has 0 radical (unpaired) electrons. The van der Waals surface area contributed by atoms with Crippen LogP contribution in [0, 0.1) is 10.1 Å². The van der Waals surface area contributed by atoms with E-state index < -0.39 is 4.92 Å². The molecule has 6 heteroatoms. The lowest BCUT2D eigenvalue weighted by molar-refractivity contribution is -0.385. The number of pyridine rings is 1. The fourth-order valence-corrected chi connectivity index (χ4v) is 1.44. The smallest absolute Gasteiger partial charge is 0.262 e. The van der Waals surface area contributed by atoms with E-state index in [1.807, 2.05) is 30.3 Å². The lowest BCUT2D eigenvalue weighted by atomic mass is 10.2. The Morgan fingerprint density at radius 1 is 1.26 bits per heavy atom. The molecule has 0 saturated heterocycles. The van der Waals surface area contributed by atoms with E-state index in [2.05, 4.69) is 15.5 Å². The lowest BCUT2D eigenvalue weighted by Crippen LogP contribution is -1.95. The molecule has 0 aliphatic rings. The van der Waals surface area contributed by atoms with Gasteiger partial charge in [-0.2, -0.15) is 5.10 Å². The van der Waals surface area contributed by atoms with Crippen LogP contribution in [0.15, 0.2) is 53.8 Å². The Bertz CT molecular complexity index is 567. The van der Waals surface area contributed by atoms with Gasteiger partial charge >= 0.3 is 0 Å². The van der Waals surface area contributed by atoms with E-state index in [4.69, 9.17) is 0 Å². The average Bonchev–Trinajstić information content (AvgIpc) is 2.45. The quantitative estimate of drug-likeness (QED) is 0.506. The van der Waals surface area contributed by atoms with Crippen molar-refractivity contribution in [2.75, 3.05) is 5.43 Å². The summed E-state index contributed by atoms with van der Waals surface area (Å²) in [7, 11) is 0. The van der Waals surface area contributed by atoms with Gasteiger partial charge in [0.2, 0.25) is 0 Å². The highest BCUT2D eigenvalue weighted by atomic mass is 16.6. The summed E-state index contributed by atoms with van der Waals surface area (Å²) < 4.78 is 0. The van der Waals surface area contributed by atoms with Crippen LogP contribution in [0.5, 0.6) is 0 Å². The molecular formula is C13H12N4O2. The van der Waals surface area contributed by atoms with E-state index in [9.17, 15) is 10.1 Å². The van der Waals surface area contributed by atoms with Gasteiger partial charge in [-0.1, -0.05) is 30.3 Å². The Kier molecular flexibility index (Phi) is 4.17. The van der Waals surface area contributed by atoms with Crippen molar-refractivity contribution in [2.45, 2.75) is 6.42 Å². The van der Waals surface area contributed by atoms with Gasteiger partial charge in [0.1, 0.15) is 12.0 Å². The summed E-state index contributed by atoms with van der Waals surface area (Å²) in [6, 6.07) is 12.8. The molecule has 0 fully saturated rings. The predicted molar refractivity (Wildman–Crippen MR) is 73.2 cm³/mol. The first kappa shape index (κ1) is 12.7. The molecule has 19 heavy (non-hydrogen) atoms. The van der Waals surface area contributed by atoms with E-state index in [0.29, 0.717) is 12.2 Å². The zero-order chi connectivity index (χ0) is 13.5. The second-order valence-electron chi connectivity index (χ2n) is 3.77. The standard InChI is InChI=1S/C13H12N4O2/c18-17(19)12-6-7-13(14-10-12)16-15-9-8-11-4-2-1-3-5-11/h1-7,9-10H,8H2,(H,14,16). The van der Waals surface area contributed by atoms with Crippen LogP contribution in [0.4, 0.5) is 11.5 Å². The Morgan fingerprint density at radius 2 is 2.05 bits per heavy atom. The zero-order valence-corrected chi connectivity index (χ0v) is 10.1. The number of hydrogen-bond acceptors (Lipinski definition) is 5. The van der Waals surface area contributed by atoms with Crippen LogP contribution >= 0.6 is 0 Å². The number of nitrogens with one attached hydrogen (secondary N) is 1. The van der Waals surface area contributed by atoms with Crippen LogP contribution < -0.4 is 5.43 Å². The minimum Gasteiger partial charge on any atom is -0.262 e. The molecule has 0 aliphatic heterocycles. The van der Waals surface area contributed by atoms with E-state index >= 15 is 0 Å². The molecule has 0 atom stereocenters. The Hall–Kier alpha value is -2.76. The highest BCUT2D eigenvalue weighted by Crippen LogP contribution is 2.11. The van der Waals surface area contributed by atoms with Crippen molar-refractivity contribution in [3.05, 3.63) is 64.3 Å². The van der Waals surface area contributed by atoms with Crippen molar-refractivity contribution >= 4 is 17.7 Å². The van der Waals surface area contributed by atoms with Crippen LogP contribution in [-0.2, 0) is 6.42 Å². The van der Waals surface area contributed by atoms with Gasteiger partial charge in [-0.15, -0.1) is 0 Å². The minimum absolute atomic E-state index is 0.0428. The first-order valence-electron chi connectivity index (χ1n) is 5.67. The van der Waals surface area contributed by atoms with Gasteiger partial charge < -0.3 is 0 Å². The van der Waals surface area contributed by atoms with E-state index in [-0.39, 0.29) is 5.69 Å². The summed E-state index contributed by atoms with van der Waals surface area (Å²) in [6.45, 7) is 0. The van der Waals surface area contributed by atoms with Crippen LogP contribution in [0.1, 0.15) is 5.56 Å². The molecule has 0 spiro atoms. The number of benzene rings is 1. The Balaban J connectivity index is 1.86. The molecule has 0 bridgehead atoms. The third-order valence-corrected chi connectivity index (χ3v) is 2.40. The highest BCUT2D eigenvalue weighted by molar-refractivity contribution is 5.62. The first-order valence-corrected chi connectivity index (χ1v) is 5.67. The normalized spacial score (nSPS) is 10.5. The van der Waals surface area contributed by atoms with E-state index in [1.165, 1.54) is 18.3 Å². The van der Waals surface area contributed by atoms with Crippen LogP contribution in [0.2, 0.25) is 0 Å². The lowest BCUT2D eigenvalue weighted by Gasteiger charge is -1.98. The summed E-state index contributed by atoms with van der Waals surface area (Å²) in [5, 5.41) is 14.4. The number of rotatable bonds is 5. The number of nitro groups is 1. The summed E-state index contributed by atoms with van der Waals surface area (Å²) in [5.74, 6) is 0.468. The maximum absolute atomic E-state index is 10.4. The number of aromatic nitrogens is 1. The van der Waals surface area contributed by atoms with Gasteiger partial charge in [-0.3, -0.25) is 15.5 Å². The second kappa shape index (κ2) is 6.25. The summed E-state index contributed by atoms with van der Waals surface area (Å²) in [6.07, 6.45) is 3.62. The number of anilines is 1. The maximum atomic E-state index is 10.4. The van der Waals surface area contributed by atoms with Crippen LogP contribution in [-0.4, -0.2) is 16.1 Å². The van der Waals surface area contributed by atoms with Crippen LogP contribution in [0.25, 0.3) is 0 Å². The molecule has 1 heterocycles. The maximum Gasteiger partial charge on any atom is 0.287 e. The summed E-state index contributed by atoms with van der Waals surface area (Å²) in [4.78, 5) is 13.8. The SMILES string of the molecule is O=[N+]([O-])c1ccc(NN=CCc2ccccc2)nc1. The second-order valence-corrected chi connectivity index (χ2v) is 3.77. The topological polar surface area (TPSA) is 80.4 Å². The molecule has 0 aliphatic carbocycles. The first-order chi connectivity index (χ1) is 9.25. The fraction of sp³-hybridized carbons (Fsp3) is 0.0769. The molecule has 1 N–H and O–H groups in total. The largest absolute Gasteiger partial charge is 0.287 e. The number of hydrazone groups is 1. The van der Waals surface area contributed by atoms with Crippen molar-refractivity contribution < 1.29 is 4.92 Å². The van der Waals surface area contributed by atoms with Crippen molar-refractivity contribution in [1.29, 1.82) is 0 Å². The van der Waals surface area contributed by atoms with Gasteiger partial charge in [-0.05, 0) is 11.6 Å². The van der Waals surface area contributed by atoms with Gasteiger partial charge in [-0.25, -0.2) is 4.98 Å². The molecule has 0 amide bonds. The van der Waals surface area contributed by atoms with Crippen molar-refractivity contribution in [3.63, 3.8) is 0 Å². The third-order valence-electron chi connectivity index (χ3n) is 2.40. The van der Waals surface area contributed by atoms with Crippen LogP contribution in [0.3, 0.4) is 0 Å². The monoisotopic (exact) mass is 256 g/mol. The zero-order valence-electron chi connectivity index (χ0n) is 10.1. The van der Waals surface area contributed by atoms with E-state index in [1.54, 1.807) is 6.21 Å². The summed E-state index contributed by atoms with van der Waals surface area (Å²) in [5.41, 5.74) is 3.83.